The highest BCUT2D eigenvalue weighted by Crippen LogP contribution is 2.21. The molecule has 0 unspecified atom stereocenters. The van der Waals surface area contributed by atoms with Crippen LogP contribution >= 0.6 is 0 Å². The Labute approximate surface area is 195 Å². The zero-order valence-electron chi connectivity index (χ0n) is 19.7. The second-order valence-corrected chi connectivity index (χ2v) is 9.24. The van der Waals surface area contributed by atoms with Gasteiger partial charge in [-0.25, -0.2) is 9.78 Å². The van der Waals surface area contributed by atoms with Crippen LogP contribution < -0.4 is 4.74 Å². The van der Waals surface area contributed by atoms with Crippen molar-refractivity contribution in [3.8, 4) is 5.75 Å². The number of carboxylic acid groups (broad SMARTS) is 1. The highest BCUT2D eigenvalue weighted by molar-refractivity contribution is 6.06. The van der Waals surface area contributed by atoms with Crippen LogP contribution in [-0.2, 0) is 24.2 Å². The summed E-state index contributed by atoms with van der Waals surface area (Å²) in [6.07, 6.45) is 6.04. The molecule has 0 saturated heterocycles. The summed E-state index contributed by atoms with van der Waals surface area (Å²) < 4.78 is 7.51. The van der Waals surface area contributed by atoms with E-state index in [1.165, 1.54) is 19.4 Å². The number of hydrogen-bond acceptors (Lipinski definition) is 4. The van der Waals surface area contributed by atoms with Crippen molar-refractivity contribution in [2.75, 3.05) is 0 Å². The molecule has 0 aliphatic carbocycles. The Morgan fingerprint density at radius 1 is 1.09 bits per heavy atom. The molecule has 1 heterocycles. The molecule has 174 valence electrons. The van der Waals surface area contributed by atoms with Gasteiger partial charge in [0.1, 0.15) is 5.75 Å². The van der Waals surface area contributed by atoms with Gasteiger partial charge in [-0.15, -0.1) is 0 Å². The number of hydrogen-bond donors (Lipinski definition) is 1. The summed E-state index contributed by atoms with van der Waals surface area (Å²) in [5, 5.41) is 9.26. The van der Waals surface area contributed by atoms with Crippen LogP contribution in [0.25, 0.3) is 0 Å². The summed E-state index contributed by atoms with van der Waals surface area (Å²) in [4.78, 5) is 28.6. The molecular weight excluding hydrogens is 416 g/mol. The van der Waals surface area contributed by atoms with Crippen molar-refractivity contribution in [2.45, 2.75) is 59.1 Å². The lowest BCUT2D eigenvalue weighted by atomic mass is 10.0. The minimum Gasteiger partial charge on any atom is -0.478 e. The first kappa shape index (κ1) is 24.2. The van der Waals surface area contributed by atoms with E-state index in [4.69, 9.17) is 4.74 Å². The van der Waals surface area contributed by atoms with Gasteiger partial charge in [-0.1, -0.05) is 50.2 Å². The molecule has 0 amide bonds. The number of carbonyl (C=O) groups excluding carboxylic acids is 1. The van der Waals surface area contributed by atoms with Gasteiger partial charge in [0, 0.05) is 24.5 Å². The zero-order chi connectivity index (χ0) is 24.0. The average Bonchev–Trinajstić information content (AvgIpc) is 3.22. The number of carboxylic acids is 1. The molecule has 0 aliphatic rings. The standard InChI is InChI=1S/C27H32N2O4/c1-19(2)17-21-10-12-22(13-11-21)24(30)25-28-14-16-29(25)15-6-8-20-7-5-9-23(18-20)33-27(3,4)26(31)32/h5,7,9-14,16,18-19H,6,8,15,17H2,1-4H3,(H,31,32). The first-order valence-corrected chi connectivity index (χ1v) is 11.3. The molecule has 3 rings (SSSR count). The van der Waals surface area contributed by atoms with E-state index in [9.17, 15) is 14.7 Å². The number of carbonyl (C=O) groups is 2. The number of aliphatic carboxylic acids is 1. The maximum absolute atomic E-state index is 13.0. The lowest BCUT2D eigenvalue weighted by Gasteiger charge is -2.21. The summed E-state index contributed by atoms with van der Waals surface area (Å²) >= 11 is 0. The predicted molar refractivity (Wildman–Crippen MR) is 128 cm³/mol. The molecule has 6 heteroatoms. The van der Waals surface area contributed by atoms with Crippen molar-refractivity contribution in [2.24, 2.45) is 5.92 Å². The molecule has 0 radical (unpaired) electrons. The van der Waals surface area contributed by atoms with Gasteiger partial charge in [0.25, 0.3) is 0 Å². The Morgan fingerprint density at radius 2 is 1.82 bits per heavy atom. The van der Waals surface area contributed by atoms with E-state index in [1.807, 2.05) is 53.2 Å². The number of nitrogens with zero attached hydrogens (tertiary/aromatic N) is 2. The second-order valence-electron chi connectivity index (χ2n) is 9.24. The van der Waals surface area contributed by atoms with Gasteiger partial charge in [-0.05, 0) is 62.3 Å². The number of benzene rings is 2. The van der Waals surface area contributed by atoms with Crippen molar-refractivity contribution in [1.82, 2.24) is 9.55 Å². The Bertz CT molecular complexity index is 1100. The molecule has 3 aromatic rings. The molecule has 0 bridgehead atoms. The zero-order valence-corrected chi connectivity index (χ0v) is 19.7. The first-order chi connectivity index (χ1) is 15.7. The van der Waals surface area contributed by atoms with Crippen molar-refractivity contribution in [3.63, 3.8) is 0 Å². The molecule has 1 aromatic heterocycles. The molecule has 0 saturated carbocycles. The molecule has 1 N–H and O–H groups in total. The van der Waals surface area contributed by atoms with Crippen LogP contribution in [0.4, 0.5) is 0 Å². The van der Waals surface area contributed by atoms with Gasteiger partial charge in [0.05, 0.1) is 0 Å². The Balaban J connectivity index is 1.61. The predicted octanol–water partition coefficient (Wildman–Crippen LogP) is 5.19. The maximum Gasteiger partial charge on any atom is 0.347 e. The maximum atomic E-state index is 13.0. The fourth-order valence-electron chi connectivity index (χ4n) is 3.65. The Hall–Kier alpha value is -3.41. The van der Waals surface area contributed by atoms with Crippen LogP contribution in [-0.4, -0.2) is 32.0 Å². The molecule has 6 nitrogen and oxygen atoms in total. The van der Waals surface area contributed by atoms with E-state index in [0.29, 0.717) is 29.6 Å². The van der Waals surface area contributed by atoms with E-state index in [2.05, 4.69) is 18.8 Å². The third kappa shape index (κ3) is 6.54. The molecule has 0 aliphatic heterocycles. The highest BCUT2D eigenvalue weighted by Gasteiger charge is 2.29. The van der Waals surface area contributed by atoms with Crippen LogP contribution in [0, 0.1) is 5.92 Å². The molecule has 33 heavy (non-hydrogen) atoms. The minimum atomic E-state index is -1.29. The number of imidazole rings is 1. The highest BCUT2D eigenvalue weighted by atomic mass is 16.5. The quantitative estimate of drug-likeness (QED) is 0.408. The van der Waals surface area contributed by atoms with Crippen molar-refractivity contribution in [1.29, 1.82) is 0 Å². The summed E-state index contributed by atoms with van der Waals surface area (Å²) in [5.74, 6) is 0.440. The molecule has 0 spiro atoms. The van der Waals surface area contributed by atoms with Gasteiger partial charge in [-0.2, -0.15) is 0 Å². The summed E-state index contributed by atoms with van der Waals surface area (Å²) in [6, 6.07) is 15.3. The second kappa shape index (κ2) is 10.5. The third-order valence-electron chi connectivity index (χ3n) is 5.43. The van der Waals surface area contributed by atoms with Crippen LogP contribution in [0.2, 0.25) is 0 Å². The van der Waals surface area contributed by atoms with Gasteiger partial charge in [-0.3, -0.25) is 4.79 Å². The van der Waals surface area contributed by atoms with Crippen molar-refractivity contribution < 1.29 is 19.4 Å². The van der Waals surface area contributed by atoms with Gasteiger partial charge in [0.2, 0.25) is 5.78 Å². The van der Waals surface area contributed by atoms with Crippen LogP contribution in [0.5, 0.6) is 5.75 Å². The van der Waals surface area contributed by atoms with E-state index in [1.54, 1.807) is 12.3 Å². The normalized spacial score (nSPS) is 11.5. The lowest BCUT2D eigenvalue weighted by molar-refractivity contribution is -0.152. The largest absolute Gasteiger partial charge is 0.478 e. The van der Waals surface area contributed by atoms with Gasteiger partial charge < -0.3 is 14.4 Å². The smallest absolute Gasteiger partial charge is 0.347 e. The van der Waals surface area contributed by atoms with Gasteiger partial charge in [0.15, 0.2) is 11.4 Å². The molecule has 0 atom stereocenters. The van der Waals surface area contributed by atoms with E-state index in [-0.39, 0.29) is 5.78 Å². The molecule has 2 aromatic carbocycles. The number of aromatic nitrogens is 2. The van der Waals surface area contributed by atoms with Crippen molar-refractivity contribution >= 4 is 11.8 Å². The number of ether oxygens (including phenoxy) is 1. The summed E-state index contributed by atoms with van der Waals surface area (Å²) in [7, 11) is 0. The topological polar surface area (TPSA) is 81.4 Å². The number of aryl methyl sites for hydroxylation is 2. The Kier molecular flexibility index (Phi) is 7.69. The summed E-state index contributed by atoms with van der Waals surface area (Å²) in [6.45, 7) is 8.05. The Morgan fingerprint density at radius 3 is 2.48 bits per heavy atom. The first-order valence-electron chi connectivity index (χ1n) is 11.3. The van der Waals surface area contributed by atoms with Crippen LogP contribution in [0.1, 0.15) is 61.4 Å². The van der Waals surface area contributed by atoms with Crippen LogP contribution in [0.3, 0.4) is 0 Å². The number of ketones is 1. The van der Waals surface area contributed by atoms with E-state index >= 15 is 0 Å². The fraction of sp³-hybridized carbons (Fsp3) is 0.370. The van der Waals surface area contributed by atoms with Crippen molar-refractivity contribution in [3.05, 3.63) is 83.4 Å². The SMILES string of the molecule is CC(C)Cc1ccc(C(=O)c2nccn2CCCc2cccc(OC(C)(C)C(=O)O)c2)cc1. The average molecular weight is 449 g/mol. The van der Waals surface area contributed by atoms with Crippen LogP contribution in [0.15, 0.2) is 60.9 Å². The fourth-order valence-corrected chi connectivity index (χ4v) is 3.65. The monoisotopic (exact) mass is 448 g/mol. The molecule has 0 fully saturated rings. The number of rotatable bonds is 11. The third-order valence-corrected chi connectivity index (χ3v) is 5.43. The molecular formula is C27H32N2O4. The van der Waals surface area contributed by atoms with Gasteiger partial charge >= 0.3 is 5.97 Å². The van der Waals surface area contributed by atoms with E-state index < -0.39 is 11.6 Å². The van der Waals surface area contributed by atoms with E-state index in [0.717, 1.165) is 24.8 Å². The minimum absolute atomic E-state index is 0.0811. The summed E-state index contributed by atoms with van der Waals surface area (Å²) in [5.41, 5.74) is 1.61. The lowest BCUT2D eigenvalue weighted by Crippen LogP contribution is -2.37.